The fourth-order valence-electron chi connectivity index (χ4n) is 3.90. The Morgan fingerprint density at radius 1 is 1.25 bits per heavy atom. The van der Waals surface area contributed by atoms with Gasteiger partial charge in [0, 0.05) is 6.04 Å². The van der Waals surface area contributed by atoms with Crippen molar-refractivity contribution in [3.05, 3.63) is 35.4 Å². The largest absolute Gasteiger partial charge is 0.464 e. The molecule has 1 fully saturated rings. The Balaban J connectivity index is 2.34. The Morgan fingerprint density at radius 2 is 1.88 bits per heavy atom. The summed E-state index contributed by atoms with van der Waals surface area (Å²) in [6.07, 6.45) is 0.918. The standard InChI is InChI=1S/C20H29NO3/c1-7-24-18(23)20(6)13-19(4,5)15(3)21(20)17(22)12-16-11-9-8-10-14(16)2/h8-11,15H,7,12-13H2,1-6H3. The molecule has 2 rings (SSSR count). The highest BCUT2D eigenvalue weighted by atomic mass is 16.5. The molecule has 0 radical (unpaired) electrons. The van der Waals surface area contributed by atoms with Gasteiger partial charge in [0.15, 0.2) is 0 Å². The number of nitrogens with zero attached hydrogens (tertiary/aromatic N) is 1. The summed E-state index contributed by atoms with van der Waals surface area (Å²) in [7, 11) is 0. The van der Waals surface area contributed by atoms with Crippen molar-refractivity contribution in [2.45, 2.75) is 66.0 Å². The van der Waals surface area contributed by atoms with E-state index in [1.165, 1.54) is 0 Å². The molecule has 1 amide bonds. The number of aryl methyl sites for hydroxylation is 1. The van der Waals surface area contributed by atoms with Gasteiger partial charge >= 0.3 is 5.97 Å². The lowest BCUT2D eigenvalue weighted by Crippen LogP contribution is -2.54. The average molecular weight is 331 g/mol. The second-order valence-electron chi connectivity index (χ2n) is 7.70. The molecule has 1 heterocycles. The molecule has 1 aliphatic heterocycles. The van der Waals surface area contributed by atoms with Crippen molar-refractivity contribution in [1.82, 2.24) is 4.90 Å². The number of carbonyl (C=O) groups excluding carboxylic acids is 2. The number of esters is 1. The monoisotopic (exact) mass is 331 g/mol. The van der Waals surface area contributed by atoms with E-state index >= 15 is 0 Å². The Bertz CT molecular complexity index is 638. The SMILES string of the molecule is CCOC(=O)C1(C)CC(C)(C)C(C)N1C(=O)Cc1ccccc1C. The first-order valence-electron chi connectivity index (χ1n) is 8.67. The molecule has 0 N–H and O–H groups in total. The summed E-state index contributed by atoms with van der Waals surface area (Å²) in [4.78, 5) is 27.5. The van der Waals surface area contributed by atoms with Gasteiger partial charge in [-0.3, -0.25) is 4.79 Å². The van der Waals surface area contributed by atoms with Crippen molar-refractivity contribution in [3.8, 4) is 0 Å². The van der Waals surface area contributed by atoms with Gasteiger partial charge in [-0.05, 0) is 50.7 Å². The first-order valence-corrected chi connectivity index (χ1v) is 8.67. The Kier molecular flexibility index (Phi) is 5.07. The molecular weight excluding hydrogens is 302 g/mol. The van der Waals surface area contributed by atoms with Crippen molar-refractivity contribution < 1.29 is 14.3 Å². The highest BCUT2D eigenvalue weighted by Gasteiger charge is 2.57. The molecule has 0 spiro atoms. The molecular formula is C20H29NO3. The zero-order chi connectivity index (χ0) is 18.1. The second kappa shape index (κ2) is 6.58. The number of rotatable bonds is 4. The van der Waals surface area contributed by atoms with Crippen LogP contribution in [0.3, 0.4) is 0 Å². The number of hydrogen-bond acceptors (Lipinski definition) is 3. The van der Waals surface area contributed by atoms with Crippen LogP contribution >= 0.6 is 0 Å². The fourth-order valence-corrected chi connectivity index (χ4v) is 3.90. The maximum absolute atomic E-state index is 13.1. The van der Waals surface area contributed by atoms with Crippen molar-refractivity contribution in [1.29, 1.82) is 0 Å². The normalized spacial score (nSPS) is 25.6. The van der Waals surface area contributed by atoms with E-state index in [4.69, 9.17) is 4.74 Å². The van der Waals surface area contributed by atoms with E-state index in [0.717, 1.165) is 11.1 Å². The van der Waals surface area contributed by atoms with Gasteiger partial charge in [-0.1, -0.05) is 38.1 Å². The molecule has 0 saturated carbocycles. The Hall–Kier alpha value is -1.84. The van der Waals surface area contributed by atoms with E-state index in [9.17, 15) is 9.59 Å². The highest BCUT2D eigenvalue weighted by Crippen LogP contribution is 2.47. The van der Waals surface area contributed by atoms with Crippen LogP contribution in [0.1, 0.15) is 52.2 Å². The molecule has 4 heteroatoms. The first-order chi connectivity index (χ1) is 11.1. The van der Waals surface area contributed by atoms with Gasteiger partial charge in [0.1, 0.15) is 5.54 Å². The van der Waals surface area contributed by atoms with E-state index in [-0.39, 0.29) is 23.3 Å². The van der Waals surface area contributed by atoms with Crippen molar-refractivity contribution in [2.75, 3.05) is 6.61 Å². The van der Waals surface area contributed by atoms with Crippen LogP contribution in [0.25, 0.3) is 0 Å². The zero-order valence-electron chi connectivity index (χ0n) is 15.7. The Labute approximate surface area is 145 Å². The predicted octanol–water partition coefficient (Wildman–Crippen LogP) is 3.51. The predicted molar refractivity (Wildman–Crippen MR) is 94.6 cm³/mol. The summed E-state index contributed by atoms with van der Waals surface area (Å²) in [6.45, 7) is 12.2. The van der Waals surface area contributed by atoms with E-state index in [1.807, 2.05) is 45.0 Å². The van der Waals surface area contributed by atoms with Crippen LogP contribution in [0.5, 0.6) is 0 Å². The minimum atomic E-state index is -0.904. The maximum atomic E-state index is 13.1. The van der Waals surface area contributed by atoms with Gasteiger partial charge in [0.25, 0.3) is 0 Å². The molecule has 4 nitrogen and oxygen atoms in total. The summed E-state index contributed by atoms with van der Waals surface area (Å²) in [6, 6.07) is 7.86. The van der Waals surface area contributed by atoms with Gasteiger partial charge in [-0.2, -0.15) is 0 Å². The molecule has 24 heavy (non-hydrogen) atoms. The number of carbonyl (C=O) groups is 2. The molecule has 1 aromatic rings. The Morgan fingerprint density at radius 3 is 2.46 bits per heavy atom. The third-order valence-electron chi connectivity index (χ3n) is 5.44. The lowest BCUT2D eigenvalue weighted by Gasteiger charge is -2.36. The van der Waals surface area contributed by atoms with Crippen LogP contribution in [0, 0.1) is 12.3 Å². The summed E-state index contributed by atoms with van der Waals surface area (Å²) < 4.78 is 5.29. The lowest BCUT2D eigenvalue weighted by molar-refractivity contribution is -0.161. The van der Waals surface area contributed by atoms with Gasteiger partial charge in [0.2, 0.25) is 5.91 Å². The number of benzene rings is 1. The minimum Gasteiger partial charge on any atom is -0.464 e. The molecule has 1 aromatic carbocycles. The quantitative estimate of drug-likeness (QED) is 0.793. The maximum Gasteiger partial charge on any atom is 0.331 e. The number of ether oxygens (including phenoxy) is 1. The van der Waals surface area contributed by atoms with E-state index < -0.39 is 5.54 Å². The molecule has 2 atom stereocenters. The molecule has 0 aromatic heterocycles. The van der Waals surface area contributed by atoms with Crippen molar-refractivity contribution >= 4 is 11.9 Å². The molecule has 0 bridgehead atoms. The molecule has 1 aliphatic rings. The summed E-state index contributed by atoms with van der Waals surface area (Å²) >= 11 is 0. The summed E-state index contributed by atoms with van der Waals surface area (Å²) in [5.74, 6) is -0.321. The topological polar surface area (TPSA) is 46.6 Å². The first kappa shape index (κ1) is 18.5. The van der Waals surface area contributed by atoms with Gasteiger partial charge < -0.3 is 9.64 Å². The van der Waals surface area contributed by atoms with Gasteiger partial charge in [0.05, 0.1) is 13.0 Å². The summed E-state index contributed by atoms with van der Waals surface area (Å²) in [5.41, 5.74) is 1.06. The second-order valence-corrected chi connectivity index (χ2v) is 7.70. The average Bonchev–Trinajstić information content (AvgIpc) is 2.68. The fraction of sp³-hybridized carbons (Fsp3) is 0.600. The van der Waals surface area contributed by atoms with Gasteiger partial charge in [-0.25, -0.2) is 4.79 Å². The zero-order valence-corrected chi connectivity index (χ0v) is 15.7. The van der Waals surface area contributed by atoms with E-state index in [0.29, 0.717) is 19.4 Å². The summed E-state index contributed by atoms with van der Waals surface area (Å²) in [5, 5.41) is 0. The number of hydrogen-bond donors (Lipinski definition) is 0. The van der Waals surface area contributed by atoms with Crippen LogP contribution in [-0.2, 0) is 20.7 Å². The minimum absolute atomic E-state index is 0.0158. The third-order valence-corrected chi connectivity index (χ3v) is 5.44. The van der Waals surface area contributed by atoms with Crippen molar-refractivity contribution in [2.24, 2.45) is 5.41 Å². The van der Waals surface area contributed by atoms with Crippen LogP contribution in [0.2, 0.25) is 0 Å². The van der Waals surface area contributed by atoms with Crippen LogP contribution in [0.4, 0.5) is 0 Å². The van der Waals surface area contributed by atoms with Crippen LogP contribution < -0.4 is 0 Å². The highest BCUT2D eigenvalue weighted by molar-refractivity contribution is 5.90. The molecule has 2 unspecified atom stereocenters. The number of amides is 1. The van der Waals surface area contributed by atoms with Gasteiger partial charge in [-0.15, -0.1) is 0 Å². The van der Waals surface area contributed by atoms with E-state index in [1.54, 1.807) is 11.8 Å². The van der Waals surface area contributed by atoms with Crippen molar-refractivity contribution in [3.63, 3.8) is 0 Å². The molecule has 1 saturated heterocycles. The number of likely N-dealkylation sites (tertiary alicyclic amines) is 1. The third kappa shape index (κ3) is 3.19. The molecule has 132 valence electrons. The van der Waals surface area contributed by atoms with E-state index in [2.05, 4.69) is 13.8 Å². The smallest absolute Gasteiger partial charge is 0.331 e. The lowest BCUT2D eigenvalue weighted by atomic mass is 9.81. The van der Waals surface area contributed by atoms with Crippen LogP contribution in [0.15, 0.2) is 24.3 Å². The molecule has 0 aliphatic carbocycles. The van der Waals surface area contributed by atoms with Crippen LogP contribution in [-0.4, -0.2) is 35.0 Å².